The van der Waals surface area contributed by atoms with Gasteiger partial charge in [-0.3, -0.25) is 23.7 Å². The molecule has 5 aromatic rings. The van der Waals surface area contributed by atoms with Gasteiger partial charge in [0.2, 0.25) is 17.7 Å². The maximum Gasteiger partial charge on any atom is 0.308 e. The summed E-state index contributed by atoms with van der Waals surface area (Å²) in [6.07, 6.45) is 0. The first kappa shape index (κ1) is 30.5. The Bertz CT molecular complexity index is 2080. The number of fused-ring (bicyclic) bond motifs is 3. The summed E-state index contributed by atoms with van der Waals surface area (Å²) in [6, 6.07) is 28.2. The molecule has 2 aliphatic heterocycles. The molecule has 0 bridgehead atoms. The van der Waals surface area contributed by atoms with Gasteiger partial charge in [-0.1, -0.05) is 110 Å². The van der Waals surface area contributed by atoms with Crippen LogP contribution in [0.4, 0.5) is 11.4 Å². The minimum Gasteiger partial charge on any atom is -0.325 e. The fraction of sp³-hybridized carbons (Fsp3) is 0.222. The van der Waals surface area contributed by atoms with E-state index in [-0.39, 0.29) is 34.6 Å². The van der Waals surface area contributed by atoms with Crippen LogP contribution < -0.4 is 15.1 Å². The van der Waals surface area contributed by atoms with Crippen LogP contribution in [-0.2, 0) is 26.3 Å². The van der Waals surface area contributed by atoms with Crippen LogP contribution in [-0.4, -0.2) is 27.5 Å². The van der Waals surface area contributed by atoms with Gasteiger partial charge in [0.1, 0.15) is 11.8 Å². The van der Waals surface area contributed by atoms with Crippen molar-refractivity contribution in [1.29, 1.82) is 0 Å². The van der Waals surface area contributed by atoms with E-state index < -0.39 is 17.1 Å². The second-order valence-electron chi connectivity index (χ2n) is 12.6. The van der Waals surface area contributed by atoms with Crippen molar-refractivity contribution in [3.63, 3.8) is 0 Å². The quantitative estimate of drug-likeness (QED) is 0.197. The largest absolute Gasteiger partial charge is 0.325 e. The van der Waals surface area contributed by atoms with Gasteiger partial charge in [-0.05, 0) is 63.7 Å². The van der Waals surface area contributed by atoms with Gasteiger partial charge in [0.05, 0.1) is 16.6 Å². The molecule has 0 aliphatic carbocycles. The lowest BCUT2D eigenvalue weighted by Gasteiger charge is -2.31. The van der Waals surface area contributed by atoms with Gasteiger partial charge in [-0.25, -0.2) is 4.90 Å². The average molecular weight is 668 g/mol. The molecule has 1 aromatic heterocycles. The predicted molar refractivity (Wildman–Crippen MR) is 185 cm³/mol. The second kappa shape index (κ2) is 11.6. The molecule has 1 N–H and O–H groups in total. The number of nitrogens with one attached hydrogen (secondary N) is 1. The van der Waals surface area contributed by atoms with Crippen molar-refractivity contribution >= 4 is 74.6 Å². The van der Waals surface area contributed by atoms with Crippen LogP contribution in [0.25, 0.3) is 10.8 Å². The van der Waals surface area contributed by atoms with Gasteiger partial charge in [0.25, 0.3) is 0 Å². The van der Waals surface area contributed by atoms with E-state index in [1.807, 2.05) is 66.7 Å². The summed E-state index contributed by atoms with van der Waals surface area (Å²) in [5.41, 5.74) is 2.97. The van der Waals surface area contributed by atoms with Crippen molar-refractivity contribution in [3.05, 3.63) is 122 Å². The molecule has 10 heteroatoms. The fourth-order valence-corrected chi connectivity index (χ4v) is 9.16. The van der Waals surface area contributed by atoms with E-state index >= 15 is 0 Å². The van der Waals surface area contributed by atoms with E-state index in [0.717, 1.165) is 33.2 Å². The number of carbonyl (C=O) groups is 3. The molecule has 3 amide bonds. The molecule has 2 aliphatic rings. The van der Waals surface area contributed by atoms with E-state index in [9.17, 15) is 19.2 Å². The molecule has 3 unspecified atom stereocenters. The van der Waals surface area contributed by atoms with Gasteiger partial charge < -0.3 is 5.32 Å². The van der Waals surface area contributed by atoms with Gasteiger partial charge in [0.15, 0.2) is 0 Å². The third kappa shape index (κ3) is 5.36. The lowest BCUT2D eigenvalue weighted by Crippen LogP contribution is -2.33. The number of halogens is 1. The summed E-state index contributed by atoms with van der Waals surface area (Å²) in [7, 11) is 0. The maximum absolute atomic E-state index is 14.1. The molecule has 1 fully saturated rings. The Morgan fingerprint density at radius 1 is 0.870 bits per heavy atom. The zero-order chi connectivity index (χ0) is 32.3. The molecule has 4 aromatic carbocycles. The van der Waals surface area contributed by atoms with E-state index in [4.69, 9.17) is 11.6 Å². The molecule has 0 saturated carbocycles. The molecule has 0 spiro atoms. The summed E-state index contributed by atoms with van der Waals surface area (Å²) in [4.78, 5) is 56.6. The molecule has 7 nitrogen and oxygen atoms in total. The van der Waals surface area contributed by atoms with Gasteiger partial charge in [-0.15, -0.1) is 0 Å². The fourth-order valence-electron chi connectivity index (χ4n) is 6.26. The number of nitrogens with zero attached hydrogens (tertiary/aromatic N) is 2. The van der Waals surface area contributed by atoms with Gasteiger partial charge in [-0.2, -0.15) is 0 Å². The SMILES string of the molecule is CC(C)(C)c1ccc(C2c3sc(=O)n(CC(=O)Nc4ccc5ccccc5c4)c3SC3C(=O)N(c4ccc(Cl)cc4)C(=O)C32)cc1. The molecule has 0 radical (unpaired) electrons. The monoisotopic (exact) mass is 667 g/mol. The van der Waals surface area contributed by atoms with E-state index in [1.165, 1.54) is 21.2 Å². The maximum atomic E-state index is 14.1. The highest BCUT2D eigenvalue weighted by atomic mass is 35.5. The minimum atomic E-state index is -0.772. The van der Waals surface area contributed by atoms with Crippen LogP contribution in [0.3, 0.4) is 0 Å². The number of amides is 3. The van der Waals surface area contributed by atoms with E-state index in [0.29, 0.717) is 26.3 Å². The number of imide groups is 1. The van der Waals surface area contributed by atoms with Crippen molar-refractivity contribution < 1.29 is 14.4 Å². The van der Waals surface area contributed by atoms with Crippen LogP contribution in [0.2, 0.25) is 5.02 Å². The van der Waals surface area contributed by atoms with Crippen molar-refractivity contribution in [2.24, 2.45) is 5.92 Å². The smallest absolute Gasteiger partial charge is 0.308 e. The minimum absolute atomic E-state index is 0.0777. The van der Waals surface area contributed by atoms with Crippen LogP contribution in [0.1, 0.15) is 42.7 Å². The van der Waals surface area contributed by atoms with Crippen LogP contribution in [0.15, 0.2) is 101 Å². The number of aromatic nitrogens is 1. The number of hydrogen-bond acceptors (Lipinski definition) is 6. The van der Waals surface area contributed by atoms with Crippen LogP contribution in [0.5, 0.6) is 0 Å². The molecule has 7 rings (SSSR count). The van der Waals surface area contributed by atoms with E-state index in [2.05, 4.69) is 26.1 Å². The average Bonchev–Trinajstić information content (AvgIpc) is 3.47. The normalized spacial score (nSPS) is 19.3. The summed E-state index contributed by atoms with van der Waals surface area (Å²) in [6.45, 7) is 6.17. The first-order valence-electron chi connectivity index (χ1n) is 14.9. The Morgan fingerprint density at radius 3 is 2.26 bits per heavy atom. The first-order valence-corrected chi connectivity index (χ1v) is 17.0. The highest BCUT2D eigenvalue weighted by Crippen LogP contribution is 2.54. The number of anilines is 2. The Labute approximate surface area is 279 Å². The first-order chi connectivity index (χ1) is 22.0. The third-order valence-corrected chi connectivity index (χ3v) is 11.5. The van der Waals surface area contributed by atoms with Crippen molar-refractivity contribution in [2.75, 3.05) is 10.2 Å². The predicted octanol–water partition coefficient (Wildman–Crippen LogP) is 7.45. The Hall–Kier alpha value is -4.18. The molecule has 3 atom stereocenters. The van der Waals surface area contributed by atoms with Crippen molar-refractivity contribution in [3.8, 4) is 0 Å². The Balaban J connectivity index is 1.27. The number of carbonyl (C=O) groups excluding carboxylic acids is 3. The molecule has 46 heavy (non-hydrogen) atoms. The second-order valence-corrected chi connectivity index (χ2v) is 15.2. The van der Waals surface area contributed by atoms with E-state index in [1.54, 1.807) is 24.3 Å². The van der Waals surface area contributed by atoms with Crippen molar-refractivity contribution in [1.82, 2.24) is 4.57 Å². The number of benzene rings is 4. The molecule has 1 saturated heterocycles. The number of rotatable bonds is 5. The molecule has 232 valence electrons. The number of thioether (sulfide) groups is 1. The summed E-state index contributed by atoms with van der Waals surface area (Å²) in [5, 5.41) is 5.24. The summed E-state index contributed by atoms with van der Waals surface area (Å²) in [5.74, 6) is -2.29. The lowest BCUT2D eigenvalue weighted by molar-refractivity contribution is -0.122. The zero-order valence-corrected chi connectivity index (χ0v) is 27.7. The van der Waals surface area contributed by atoms with Crippen LogP contribution >= 0.6 is 34.7 Å². The summed E-state index contributed by atoms with van der Waals surface area (Å²) < 4.78 is 1.44. The Kier molecular flexibility index (Phi) is 7.66. The molecular formula is C36H30ClN3O4S2. The number of hydrogen-bond donors (Lipinski definition) is 1. The zero-order valence-electron chi connectivity index (χ0n) is 25.3. The topological polar surface area (TPSA) is 88.5 Å². The standard InChI is InChI=1S/C36H30ClN3O4S2/c1-36(2,3)23-11-8-21(9-12-23)28-29-30(33(43)40(32(29)42)26-16-13-24(37)14-17-26)45-34-31(28)46-35(44)39(34)19-27(41)38-25-15-10-20-6-4-5-7-22(20)18-25/h4-18,28-30H,19H2,1-3H3,(H,38,41). The highest BCUT2D eigenvalue weighted by molar-refractivity contribution is 8.00. The molecular weight excluding hydrogens is 638 g/mol. The van der Waals surface area contributed by atoms with Crippen molar-refractivity contribution in [2.45, 2.75) is 48.9 Å². The lowest BCUT2D eigenvalue weighted by atomic mass is 9.81. The highest BCUT2D eigenvalue weighted by Gasteiger charge is 2.56. The Morgan fingerprint density at radius 2 is 1.57 bits per heavy atom. The third-order valence-electron chi connectivity index (χ3n) is 8.60. The number of thiazole rings is 1. The van der Waals surface area contributed by atoms with Crippen LogP contribution in [0, 0.1) is 5.92 Å². The van der Waals surface area contributed by atoms with Gasteiger partial charge in [0, 0.05) is 21.5 Å². The van der Waals surface area contributed by atoms with Gasteiger partial charge >= 0.3 is 4.87 Å². The molecule has 3 heterocycles. The summed E-state index contributed by atoms with van der Waals surface area (Å²) >= 11 is 8.34.